The van der Waals surface area contributed by atoms with Crippen LogP contribution in [0.2, 0.25) is 0 Å². The fourth-order valence-corrected chi connectivity index (χ4v) is 3.52. The van der Waals surface area contributed by atoms with Crippen LogP contribution in [0.4, 0.5) is 4.79 Å². The monoisotopic (exact) mass is 361 g/mol. The van der Waals surface area contributed by atoms with Gasteiger partial charge in [0.15, 0.2) is 0 Å². The number of ether oxygens (including phenoxy) is 2. The van der Waals surface area contributed by atoms with Crippen molar-refractivity contribution < 1.29 is 19.1 Å². The van der Waals surface area contributed by atoms with Gasteiger partial charge in [0.2, 0.25) is 0 Å². The second-order valence-corrected chi connectivity index (χ2v) is 6.86. The third-order valence-electron chi connectivity index (χ3n) is 4.96. The van der Waals surface area contributed by atoms with E-state index in [0.717, 1.165) is 44.5 Å². The molecule has 0 unspecified atom stereocenters. The average Bonchev–Trinajstić information content (AvgIpc) is 3.18. The Bertz CT molecular complexity index is 614. The number of likely N-dealkylation sites (tertiary alicyclic amines) is 1. The lowest BCUT2D eigenvalue weighted by atomic mass is 10.0. The SMILES string of the molecule is NC(=O)NC[C@@H]1CCCCN1C(=O)c1ccc(OC[C@@H]2CCCO2)cc1. The number of nitrogens with zero attached hydrogens (tertiary/aromatic N) is 1. The zero-order chi connectivity index (χ0) is 18.4. The maximum absolute atomic E-state index is 12.9. The summed E-state index contributed by atoms with van der Waals surface area (Å²) in [5, 5.41) is 2.62. The van der Waals surface area contributed by atoms with Crippen molar-refractivity contribution in [3.8, 4) is 5.75 Å². The van der Waals surface area contributed by atoms with E-state index in [1.165, 1.54) is 0 Å². The lowest BCUT2D eigenvalue weighted by Gasteiger charge is -2.35. The molecule has 26 heavy (non-hydrogen) atoms. The van der Waals surface area contributed by atoms with Gasteiger partial charge < -0.3 is 25.4 Å². The topological polar surface area (TPSA) is 93.9 Å². The van der Waals surface area contributed by atoms with Gasteiger partial charge in [-0.25, -0.2) is 4.79 Å². The molecule has 7 heteroatoms. The van der Waals surface area contributed by atoms with Crippen LogP contribution in [0.5, 0.6) is 5.75 Å². The van der Waals surface area contributed by atoms with E-state index in [9.17, 15) is 9.59 Å². The smallest absolute Gasteiger partial charge is 0.312 e. The number of hydrogen-bond donors (Lipinski definition) is 2. The zero-order valence-electron chi connectivity index (χ0n) is 15.0. The van der Waals surface area contributed by atoms with Crippen LogP contribution in [-0.4, -0.2) is 55.3 Å². The standard InChI is InChI=1S/C19H27N3O4/c20-19(24)21-12-15-4-1-2-10-22(15)18(23)14-6-8-16(9-7-14)26-13-17-5-3-11-25-17/h6-9,15,17H,1-5,10-13H2,(H3,20,21,24)/t15-,17-/m0/s1. The van der Waals surface area contributed by atoms with Crippen LogP contribution in [0.15, 0.2) is 24.3 Å². The predicted molar refractivity (Wildman–Crippen MR) is 97.2 cm³/mol. The van der Waals surface area contributed by atoms with E-state index in [1.807, 2.05) is 17.0 Å². The molecule has 2 saturated heterocycles. The molecular formula is C19H27N3O4. The van der Waals surface area contributed by atoms with Crippen LogP contribution < -0.4 is 15.8 Å². The molecular weight excluding hydrogens is 334 g/mol. The highest BCUT2D eigenvalue weighted by Gasteiger charge is 2.27. The van der Waals surface area contributed by atoms with E-state index >= 15 is 0 Å². The number of carbonyl (C=O) groups excluding carboxylic acids is 2. The number of rotatable bonds is 6. The van der Waals surface area contributed by atoms with Gasteiger partial charge in [0.25, 0.3) is 5.91 Å². The molecule has 0 bridgehead atoms. The van der Waals surface area contributed by atoms with Crippen molar-refractivity contribution in [2.24, 2.45) is 5.73 Å². The molecule has 1 aromatic rings. The Labute approximate surface area is 153 Å². The molecule has 2 aliphatic heterocycles. The normalized spacial score (nSPS) is 22.8. The molecule has 3 rings (SSSR count). The number of benzene rings is 1. The fraction of sp³-hybridized carbons (Fsp3) is 0.579. The molecule has 2 fully saturated rings. The Kier molecular flexibility index (Phi) is 6.33. The molecule has 0 aliphatic carbocycles. The van der Waals surface area contributed by atoms with Gasteiger partial charge in [0, 0.05) is 31.3 Å². The van der Waals surface area contributed by atoms with Gasteiger partial charge >= 0.3 is 6.03 Å². The van der Waals surface area contributed by atoms with Crippen molar-refractivity contribution in [1.82, 2.24) is 10.2 Å². The summed E-state index contributed by atoms with van der Waals surface area (Å²) >= 11 is 0. The van der Waals surface area contributed by atoms with Crippen molar-refractivity contribution in [2.45, 2.75) is 44.2 Å². The van der Waals surface area contributed by atoms with E-state index in [1.54, 1.807) is 12.1 Å². The van der Waals surface area contributed by atoms with Crippen LogP contribution in [0.1, 0.15) is 42.5 Å². The van der Waals surface area contributed by atoms with E-state index in [0.29, 0.717) is 25.3 Å². The van der Waals surface area contributed by atoms with Gasteiger partial charge in [-0.15, -0.1) is 0 Å². The number of nitrogens with two attached hydrogens (primary N) is 1. The van der Waals surface area contributed by atoms with E-state index < -0.39 is 6.03 Å². The first-order chi connectivity index (χ1) is 12.6. The molecule has 3 N–H and O–H groups in total. The maximum atomic E-state index is 12.9. The Morgan fingerprint density at radius 2 is 2.00 bits per heavy atom. The average molecular weight is 361 g/mol. The van der Waals surface area contributed by atoms with Crippen LogP contribution >= 0.6 is 0 Å². The van der Waals surface area contributed by atoms with Crippen LogP contribution in [0.3, 0.4) is 0 Å². The van der Waals surface area contributed by atoms with Crippen molar-refractivity contribution in [1.29, 1.82) is 0 Å². The molecule has 0 aromatic heterocycles. The second-order valence-electron chi connectivity index (χ2n) is 6.86. The molecule has 0 radical (unpaired) electrons. The van der Waals surface area contributed by atoms with Gasteiger partial charge in [0.1, 0.15) is 12.4 Å². The largest absolute Gasteiger partial charge is 0.491 e. The summed E-state index contributed by atoms with van der Waals surface area (Å²) in [6.45, 7) is 2.44. The number of urea groups is 1. The Balaban J connectivity index is 1.57. The summed E-state index contributed by atoms with van der Waals surface area (Å²) < 4.78 is 11.3. The number of carbonyl (C=O) groups is 2. The number of amides is 3. The minimum atomic E-state index is -0.560. The Morgan fingerprint density at radius 1 is 1.19 bits per heavy atom. The summed E-state index contributed by atoms with van der Waals surface area (Å²) in [5.41, 5.74) is 5.78. The van der Waals surface area contributed by atoms with E-state index in [-0.39, 0.29) is 18.1 Å². The van der Waals surface area contributed by atoms with Gasteiger partial charge in [-0.2, -0.15) is 0 Å². The molecule has 142 valence electrons. The minimum Gasteiger partial charge on any atom is -0.491 e. The number of nitrogens with one attached hydrogen (secondary N) is 1. The molecule has 0 spiro atoms. The summed E-state index contributed by atoms with van der Waals surface area (Å²) in [7, 11) is 0. The maximum Gasteiger partial charge on any atom is 0.312 e. The van der Waals surface area contributed by atoms with Crippen LogP contribution in [0, 0.1) is 0 Å². The predicted octanol–water partition coefficient (Wildman–Crippen LogP) is 1.91. The minimum absolute atomic E-state index is 0.0146. The highest BCUT2D eigenvalue weighted by molar-refractivity contribution is 5.94. The first-order valence-corrected chi connectivity index (χ1v) is 9.32. The summed E-state index contributed by atoms with van der Waals surface area (Å²) in [5.74, 6) is 0.717. The highest BCUT2D eigenvalue weighted by Crippen LogP contribution is 2.21. The zero-order valence-corrected chi connectivity index (χ0v) is 15.0. The van der Waals surface area contributed by atoms with Crippen molar-refractivity contribution in [3.05, 3.63) is 29.8 Å². The Morgan fingerprint density at radius 3 is 2.69 bits per heavy atom. The van der Waals surface area contributed by atoms with Crippen LogP contribution in [0.25, 0.3) is 0 Å². The van der Waals surface area contributed by atoms with Gasteiger partial charge in [-0.05, 0) is 56.4 Å². The molecule has 2 atom stereocenters. The quantitative estimate of drug-likeness (QED) is 0.809. The lowest BCUT2D eigenvalue weighted by molar-refractivity contribution is 0.0614. The Hall–Kier alpha value is -2.28. The summed E-state index contributed by atoms with van der Waals surface area (Å²) in [6.07, 6.45) is 5.18. The van der Waals surface area contributed by atoms with Gasteiger partial charge in [-0.3, -0.25) is 4.79 Å². The molecule has 2 aliphatic rings. The van der Waals surface area contributed by atoms with E-state index in [4.69, 9.17) is 15.2 Å². The summed E-state index contributed by atoms with van der Waals surface area (Å²) in [4.78, 5) is 25.7. The van der Waals surface area contributed by atoms with Crippen LogP contribution in [-0.2, 0) is 4.74 Å². The third-order valence-corrected chi connectivity index (χ3v) is 4.96. The molecule has 7 nitrogen and oxygen atoms in total. The van der Waals surface area contributed by atoms with Crippen molar-refractivity contribution in [2.75, 3.05) is 26.3 Å². The highest BCUT2D eigenvalue weighted by atomic mass is 16.5. The van der Waals surface area contributed by atoms with Crippen molar-refractivity contribution in [3.63, 3.8) is 0 Å². The molecule has 0 saturated carbocycles. The summed E-state index contributed by atoms with van der Waals surface area (Å²) in [6, 6.07) is 6.65. The van der Waals surface area contributed by atoms with Gasteiger partial charge in [0.05, 0.1) is 6.10 Å². The number of primary amides is 1. The molecule has 1 aromatic carbocycles. The number of piperidine rings is 1. The van der Waals surface area contributed by atoms with E-state index in [2.05, 4.69) is 5.32 Å². The second kappa shape index (κ2) is 8.89. The van der Waals surface area contributed by atoms with Gasteiger partial charge in [-0.1, -0.05) is 0 Å². The molecule has 2 heterocycles. The third kappa shape index (κ3) is 4.88. The molecule has 3 amide bonds. The number of hydrogen-bond acceptors (Lipinski definition) is 4. The first-order valence-electron chi connectivity index (χ1n) is 9.32. The fourth-order valence-electron chi connectivity index (χ4n) is 3.52. The van der Waals surface area contributed by atoms with Crippen molar-refractivity contribution >= 4 is 11.9 Å². The first kappa shape index (κ1) is 18.5. The lowest BCUT2D eigenvalue weighted by Crippen LogP contribution is -2.50.